The number of anilines is 1. The minimum absolute atomic E-state index is 0.0124. The van der Waals surface area contributed by atoms with E-state index in [2.05, 4.69) is 4.98 Å². The van der Waals surface area contributed by atoms with Gasteiger partial charge < -0.3 is 20.8 Å². The molecule has 0 radical (unpaired) electrons. The molecule has 0 amide bonds. The van der Waals surface area contributed by atoms with Crippen LogP contribution < -0.4 is 10.6 Å². The molecule has 0 spiro atoms. The quantitative estimate of drug-likeness (QED) is 0.704. The summed E-state index contributed by atoms with van der Waals surface area (Å²) in [6, 6.07) is 9.84. The number of hydrogen-bond acceptors (Lipinski definition) is 5. The average Bonchev–Trinajstić information content (AvgIpc) is 2.45. The zero-order chi connectivity index (χ0) is 13.7. The molecule has 2 rings (SSSR count). The number of aliphatic hydroxyl groups excluding tert-OH is 2. The fraction of sp³-hybridized carbons (Fsp3) is 0.357. The second-order valence-corrected chi connectivity index (χ2v) is 4.30. The Kier molecular flexibility index (Phi) is 4.68. The van der Waals surface area contributed by atoms with Crippen molar-refractivity contribution in [1.82, 2.24) is 4.98 Å². The van der Waals surface area contributed by atoms with Gasteiger partial charge in [0.05, 0.1) is 18.7 Å². The van der Waals surface area contributed by atoms with E-state index in [4.69, 9.17) is 15.9 Å². The summed E-state index contributed by atoms with van der Waals surface area (Å²) >= 11 is 0. The molecule has 0 unspecified atom stereocenters. The molecule has 0 aliphatic heterocycles. The summed E-state index contributed by atoms with van der Waals surface area (Å²) in [5.41, 5.74) is 7.58. The lowest BCUT2D eigenvalue weighted by molar-refractivity contribution is 0.280. The maximum atomic E-state index is 9.12. The van der Waals surface area contributed by atoms with Crippen LogP contribution in [0.3, 0.4) is 0 Å². The van der Waals surface area contributed by atoms with Crippen molar-refractivity contribution in [3.63, 3.8) is 0 Å². The summed E-state index contributed by atoms with van der Waals surface area (Å²) in [6.45, 7) is 1.26. The van der Waals surface area contributed by atoms with Crippen LogP contribution in [-0.2, 0) is 6.54 Å². The molecule has 0 saturated heterocycles. The number of pyridine rings is 1. The van der Waals surface area contributed by atoms with Crippen LogP contribution in [0.4, 0.5) is 5.82 Å². The standard InChI is InChI=1S/C14H19N3O2/c15-10-12-9-11-3-1-2-4-13(11)16-14(12)17(5-7-18)6-8-19/h1-4,9,18-19H,5-8,10,15H2. The molecule has 1 aromatic heterocycles. The Morgan fingerprint density at radius 1 is 1.11 bits per heavy atom. The van der Waals surface area contributed by atoms with E-state index in [1.165, 1.54) is 0 Å². The maximum absolute atomic E-state index is 9.12. The third-order valence-electron chi connectivity index (χ3n) is 3.04. The number of aromatic nitrogens is 1. The van der Waals surface area contributed by atoms with Gasteiger partial charge in [-0.3, -0.25) is 0 Å². The lowest BCUT2D eigenvalue weighted by Crippen LogP contribution is -2.31. The summed E-state index contributed by atoms with van der Waals surface area (Å²) in [5, 5.41) is 19.3. The first-order valence-electron chi connectivity index (χ1n) is 6.35. The van der Waals surface area contributed by atoms with Gasteiger partial charge in [0.2, 0.25) is 0 Å². The molecule has 0 aliphatic rings. The summed E-state index contributed by atoms with van der Waals surface area (Å²) in [6.07, 6.45) is 0. The molecule has 0 fully saturated rings. The van der Waals surface area contributed by atoms with Crippen molar-refractivity contribution in [1.29, 1.82) is 0 Å². The van der Waals surface area contributed by atoms with Crippen molar-refractivity contribution in [2.45, 2.75) is 6.54 Å². The predicted molar refractivity (Wildman–Crippen MR) is 76.0 cm³/mol. The number of nitrogens with zero attached hydrogens (tertiary/aromatic N) is 2. The molecule has 1 heterocycles. The van der Waals surface area contributed by atoms with Crippen LogP contribution in [0, 0.1) is 0 Å². The summed E-state index contributed by atoms with van der Waals surface area (Å²) in [5.74, 6) is 0.740. The van der Waals surface area contributed by atoms with Gasteiger partial charge in [-0.05, 0) is 12.1 Å². The highest BCUT2D eigenvalue weighted by Crippen LogP contribution is 2.23. The second-order valence-electron chi connectivity index (χ2n) is 4.30. The monoisotopic (exact) mass is 261 g/mol. The highest BCUT2D eigenvalue weighted by molar-refractivity contribution is 5.81. The van der Waals surface area contributed by atoms with Crippen molar-refractivity contribution >= 4 is 16.7 Å². The lowest BCUT2D eigenvalue weighted by Gasteiger charge is -2.24. The Balaban J connectivity index is 2.49. The van der Waals surface area contributed by atoms with Crippen LogP contribution in [-0.4, -0.2) is 41.5 Å². The van der Waals surface area contributed by atoms with Crippen LogP contribution in [0.5, 0.6) is 0 Å². The minimum Gasteiger partial charge on any atom is -0.395 e. The van der Waals surface area contributed by atoms with Crippen molar-refractivity contribution in [3.05, 3.63) is 35.9 Å². The van der Waals surface area contributed by atoms with Crippen LogP contribution in [0.25, 0.3) is 10.9 Å². The van der Waals surface area contributed by atoms with Gasteiger partial charge in [-0.1, -0.05) is 18.2 Å². The molecular formula is C14H19N3O2. The Bertz CT molecular complexity index is 539. The molecular weight excluding hydrogens is 242 g/mol. The molecule has 19 heavy (non-hydrogen) atoms. The summed E-state index contributed by atoms with van der Waals surface area (Å²) in [7, 11) is 0. The first-order chi connectivity index (χ1) is 9.30. The van der Waals surface area contributed by atoms with Crippen molar-refractivity contribution < 1.29 is 10.2 Å². The molecule has 102 valence electrons. The third-order valence-corrected chi connectivity index (χ3v) is 3.04. The number of fused-ring (bicyclic) bond motifs is 1. The Labute approximate surface area is 112 Å². The van der Waals surface area contributed by atoms with Crippen LogP contribution in [0.1, 0.15) is 5.56 Å². The summed E-state index contributed by atoms with van der Waals surface area (Å²) < 4.78 is 0. The van der Waals surface area contributed by atoms with E-state index in [0.29, 0.717) is 19.6 Å². The number of rotatable bonds is 6. The zero-order valence-corrected chi connectivity index (χ0v) is 10.8. The first-order valence-corrected chi connectivity index (χ1v) is 6.35. The second kappa shape index (κ2) is 6.47. The number of para-hydroxylation sites is 1. The number of benzene rings is 1. The normalized spacial score (nSPS) is 10.9. The number of hydrogen-bond donors (Lipinski definition) is 3. The SMILES string of the molecule is NCc1cc2ccccc2nc1N(CCO)CCO. The number of nitrogens with two attached hydrogens (primary N) is 1. The van der Waals surface area contributed by atoms with Crippen LogP contribution in [0.2, 0.25) is 0 Å². The van der Waals surface area contributed by atoms with Gasteiger partial charge >= 0.3 is 0 Å². The molecule has 5 heteroatoms. The van der Waals surface area contributed by atoms with Crippen molar-refractivity contribution in [2.75, 3.05) is 31.2 Å². The third kappa shape index (κ3) is 3.01. The maximum Gasteiger partial charge on any atom is 0.133 e. The summed E-state index contributed by atoms with van der Waals surface area (Å²) in [4.78, 5) is 6.46. The molecule has 0 aliphatic carbocycles. The number of aliphatic hydroxyl groups is 2. The van der Waals surface area contributed by atoms with Crippen molar-refractivity contribution in [3.8, 4) is 0 Å². The minimum atomic E-state index is 0.0124. The van der Waals surface area contributed by atoms with Gasteiger partial charge in [-0.15, -0.1) is 0 Å². The van der Waals surface area contributed by atoms with E-state index in [1.54, 1.807) is 0 Å². The molecule has 0 saturated carbocycles. The van der Waals surface area contributed by atoms with Crippen LogP contribution >= 0.6 is 0 Å². The van der Waals surface area contributed by atoms with E-state index in [0.717, 1.165) is 22.3 Å². The fourth-order valence-corrected chi connectivity index (χ4v) is 2.14. The Hall–Kier alpha value is -1.69. The van der Waals surface area contributed by atoms with Gasteiger partial charge in [0.15, 0.2) is 0 Å². The van der Waals surface area contributed by atoms with Crippen LogP contribution in [0.15, 0.2) is 30.3 Å². The Morgan fingerprint density at radius 3 is 2.42 bits per heavy atom. The van der Waals surface area contributed by atoms with Crippen molar-refractivity contribution in [2.24, 2.45) is 5.73 Å². The first kappa shape index (κ1) is 13.7. The molecule has 4 N–H and O–H groups in total. The van der Waals surface area contributed by atoms with E-state index in [9.17, 15) is 0 Å². The predicted octanol–water partition coefficient (Wildman–Crippen LogP) is 0.484. The topological polar surface area (TPSA) is 82.6 Å². The zero-order valence-electron chi connectivity index (χ0n) is 10.8. The van der Waals surface area contributed by atoms with Gasteiger partial charge in [-0.2, -0.15) is 0 Å². The highest BCUT2D eigenvalue weighted by Gasteiger charge is 2.12. The average molecular weight is 261 g/mol. The van der Waals surface area contributed by atoms with Gasteiger partial charge in [0.25, 0.3) is 0 Å². The Morgan fingerprint density at radius 2 is 1.79 bits per heavy atom. The molecule has 0 atom stereocenters. The molecule has 5 nitrogen and oxygen atoms in total. The van der Waals surface area contributed by atoms with E-state index >= 15 is 0 Å². The van der Waals surface area contributed by atoms with E-state index < -0.39 is 0 Å². The fourth-order valence-electron chi connectivity index (χ4n) is 2.14. The highest BCUT2D eigenvalue weighted by atomic mass is 16.3. The van der Waals surface area contributed by atoms with Gasteiger partial charge in [0, 0.05) is 30.6 Å². The van der Waals surface area contributed by atoms with Gasteiger partial charge in [-0.25, -0.2) is 4.98 Å². The smallest absolute Gasteiger partial charge is 0.133 e. The lowest BCUT2D eigenvalue weighted by atomic mass is 10.1. The molecule has 1 aromatic carbocycles. The van der Waals surface area contributed by atoms with E-state index in [-0.39, 0.29) is 13.2 Å². The van der Waals surface area contributed by atoms with Gasteiger partial charge in [0.1, 0.15) is 5.82 Å². The van der Waals surface area contributed by atoms with E-state index in [1.807, 2.05) is 35.2 Å². The largest absolute Gasteiger partial charge is 0.395 e. The molecule has 0 bridgehead atoms. The molecule has 2 aromatic rings.